The van der Waals surface area contributed by atoms with E-state index in [0.29, 0.717) is 10.5 Å². The lowest BCUT2D eigenvalue weighted by molar-refractivity contribution is 0.466. The molecule has 0 radical (unpaired) electrons. The quantitative estimate of drug-likeness (QED) is 0.686. The number of halogens is 2. The number of benzene rings is 1. The SMILES string of the molecule is CCCCCC(Cc1ccc(F)c(Br)c1)NCC. The van der Waals surface area contributed by atoms with Crippen LogP contribution in [-0.4, -0.2) is 12.6 Å². The highest BCUT2D eigenvalue weighted by molar-refractivity contribution is 9.10. The summed E-state index contributed by atoms with van der Waals surface area (Å²) in [5, 5.41) is 3.52. The number of hydrogen-bond donors (Lipinski definition) is 1. The molecule has 0 aliphatic rings. The monoisotopic (exact) mass is 315 g/mol. The predicted molar refractivity (Wildman–Crippen MR) is 79.4 cm³/mol. The molecule has 0 aromatic heterocycles. The Labute approximate surface area is 118 Å². The average molecular weight is 316 g/mol. The Morgan fingerprint density at radius 3 is 2.67 bits per heavy atom. The molecule has 1 nitrogen and oxygen atoms in total. The van der Waals surface area contributed by atoms with Crippen LogP contribution in [0.15, 0.2) is 22.7 Å². The molecule has 0 spiro atoms. The van der Waals surface area contributed by atoms with Gasteiger partial charge in [0.25, 0.3) is 0 Å². The van der Waals surface area contributed by atoms with E-state index in [9.17, 15) is 4.39 Å². The Morgan fingerprint density at radius 2 is 2.06 bits per heavy atom. The molecule has 0 bridgehead atoms. The molecule has 1 unspecified atom stereocenters. The maximum absolute atomic E-state index is 13.2. The van der Waals surface area contributed by atoms with E-state index in [2.05, 4.69) is 35.1 Å². The van der Waals surface area contributed by atoms with Gasteiger partial charge < -0.3 is 5.32 Å². The highest BCUT2D eigenvalue weighted by Gasteiger charge is 2.09. The van der Waals surface area contributed by atoms with Gasteiger partial charge in [-0.15, -0.1) is 0 Å². The van der Waals surface area contributed by atoms with Crippen molar-refractivity contribution in [1.29, 1.82) is 0 Å². The fourth-order valence-corrected chi connectivity index (χ4v) is 2.58. The second kappa shape index (κ2) is 8.65. The van der Waals surface area contributed by atoms with Crippen molar-refractivity contribution in [2.45, 2.75) is 52.0 Å². The largest absolute Gasteiger partial charge is 0.314 e. The highest BCUT2D eigenvalue weighted by Crippen LogP contribution is 2.18. The summed E-state index contributed by atoms with van der Waals surface area (Å²) >= 11 is 3.24. The zero-order valence-electron chi connectivity index (χ0n) is 11.3. The van der Waals surface area contributed by atoms with E-state index >= 15 is 0 Å². The first-order chi connectivity index (χ1) is 8.67. The molecule has 1 N–H and O–H groups in total. The van der Waals surface area contributed by atoms with Crippen LogP contribution in [-0.2, 0) is 6.42 Å². The molecule has 0 heterocycles. The van der Waals surface area contributed by atoms with E-state index in [4.69, 9.17) is 0 Å². The maximum Gasteiger partial charge on any atom is 0.137 e. The van der Waals surface area contributed by atoms with Gasteiger partial charge in [0.15, 0.2) is 0 Å². The summed E-state index contributed by atoms with van der Waals surface area (Å²) in [4.78, 5) is 0. The summed E-state index contributed by atoms with van der Waals surface area (Å²) in [5.41, 5.74) is 1.19. The van der Waals surface area contributed by atoms with Crippen LogP contribution < -0.4 is 5.32 Å². The van der Waals surface area contributed by atoms with Gasteiger partial charge in [-0.1, -0.05) is 39.2 Å². The highest BCUT2D eigenvalue weighted by atomic mass is 79.9. The fraction of sp³-hybridized carbons (Fsp3) is 0.600. The minimum absolute atomic E-state index is 0.190. The summed E-state index contributed by atoms with van der Waals surface area (Å²) in [6.45, 7) is 5.34. The normalized spacial score (nSPS) is 12.7. The van der Waals surface area contributed by atoms with Gasteiger partial charge in [0, 0.05) is 6.04 Å². The molecule has 0 aliphatic carbocycles. The van der Waals surface area contributed by atoms with Crippen LogP contribution >= 0.6 is 15.9 Å². The van der Waals surface area contributed by atoms with Crippen LogP contribution in [0.25, 0.3) is 0 Å². The Hall–Kier alpha value is -0.410. The molecular weight excluding hydrogens is 293 g/mol. The molecule has 102 valence electrons. The summed E-state index contributed by atoms with van der Waals surface area (Å²) in [6, 6.07) is 5.80. The molecule has 1 aromatic carbocycles. The van der Waals surface area contributed by atoms with Crippen LogP contribution in [0.2, 0.25) is 0 Å². The first kappa shape index (κ1) is 15.6. The Balaban J connectivity index is 2.55. The first-order valence-electron chi connectivity index (χ1n) is 6.84. The van der Waals surface area contributed by atoms with Crippen LogP contribution in [0.5, 0.6) is 0 Å². The molecule has 18 heavy (non-hydrogen) atoms. The fourth-order valence-electron chi connectivity index (χ4n) is 2.16. The van der Waals surface area contributed by atoms with Crippen molar-refractivity contribution in [3.63, 3.8) is 0 Å². The van der Waals surface area contributed by atoms with E-state index in [1.54, 1.807) is 0 Å². The number of nitrogens with one attached hydrogen (secondary N) is 1. The molecular formula is C15H23BrFN. The number of unbranched alkanes of at least 4 members (excludes halogenated alkanes) is 2. The molecule has 0 saturated heterocycles. The Kier molecular flexibility index (Phi) is 7.52. The molecule has 0 aliphatic heterocycles. The minimum atomic E-state index is -0.190. The van der Waals surface area contributed by atoms with Gasteiger partial charge >= 0.3 is 0 Å². The van der Waals surface area contributed by atoms with Crippen molar-refractivity contribution in [1.82, 2.24) is 5.32 Å². The standard InChI is InChI=1S/C15H23BrFN/c1-3-5-6-7-13(18-4-2)10-12-8-9-15(17)14(16)11-12/h8-9,11,13,18H,3-7,10H2,1-2H3. The molecule has 0 fully saturated rings. The van der Waals surface area contributed by atoms with Crippen molar-refractivity contribution in [2.75, 3.05) is 6.54 Å². The van der Waals surface area contributed by atoms with Crippen LogP contribution in [0.3, 0.4) is 0 Å². The molecule has 1 aromatic rings. The lowest BCUT2D eigenvalue weighted by Crippen LogP contribution is -2.30. The van der Waals surface area contributed by atoms with Gasteiger partial charge in [-0.3, -0.25) is 0 Å². The summed E-state index contributed by atoms with van der Waals surface area (Å²) in [7, 11) is 0. The van der Waals surface area contributed by atoms with Gasteiger partial charge in [-0.25, -0.2) is 4.39 Å². The Morgan fingerprint density at radius 1 is 1.28 bits per heavy atom. The summed E-state index contributed by atoms with van der Waals surface area (Å²) in [6.07, 6.45) is 5.96. The summed E-state index contributed by atoms with van der Waals surface area (Å²) < 4.78 is 13.7. The molecule has 1 atom stereocenters. The number of rotatable bonds is 8. The molecule has 0 saturated carbocycles. The lowest BCUT2D eigenvalue weighted by Gasteiger charge is -2.18. The maximum atomic E-state index is 13.2. The second-order valence-corrected chi connectivity index (χ2v) is 5.56. The Bertz CT molecular complexity index is 354. The predicted octanol–water partition coefficient (Wildman–Crippen LogP) is 4.69. The van der Waals surface area contributed by atoms with E-state index in [-0.39, 0.29) is 5.82 Å². The van der Waals surface area contributed by atoms with Crippen molar-refractivity contribution < 1.29 is 4.39 Å². The third kappa shape index (κ3) is 5.49. The van der Waals surface area contributed by atoms with Gasteiger partial charge in [0.2, 0.25) is 0 Å². The zero-order valence-corrected chi connectivity index (χ0v) is 12.9. The van der Waals surface area contributed by atoms with Gasteiger partial charge in [0.1, 0.15) is 5.82 Å². The van der Waals surface area contributed by atoms with Crippen LogP contribution in [0.4, 0.5) is 4.39 Å². The number of likely N-dealkylation sites (N-methyl/N-ethyl adjacent to an activating group) is 1. The summed E-state index contributed by atoms with van der Waals surface area (Å²) in [5.74, 6) is -0.190. The number of hydrogen-bond acceptors (Lipinski definition) is 1. The van der Waals surface area contributed by atoms with E-state index in [1.807, 2.05) is 12.1 Å². The minimum Gasteiger partial charge on any atom is -0.314 e. The van der Waals surface area contributed by atoms with Gasteiger partial charge in [-0.2, -0.15) is 0 Å². The third-order valence-electron chi connectivity index (χ3n) is 3.12. The van der Waals surface area contributed by atoms with E-state index < -0.39 is 0 Å². The molecule has 0 amide bonds. The van der Waals surface area contributed by atoms with E-state index in [0.717, 1.165) is 13.0 Å². The van der Waals surface area contributed by atoms with Crippen molar-refractivity contribution in [2.24, 2.45) is 0 Å². The smallest absolute Gasteiger partial charge is 0.137 e. The first-order valence-corrected chi connectivity index (χ1v) is 7.64. The zero-order chi connectivity index (χ0) is 13.4. The third-order valence-corrected chi connectivity index (χ3v) is 3.72. The molecule has 3 heteroatoms. The topological polar surface area (TPSA) is 12.0 Å². The molecule has 1 rings (SSSR count). The van der Waals surface area contributed by atoms with Crippen molar-refractivity contribution in [3.05, 3.63) is 34.1 Å². The van der Waals surface area contributed by atoms with Crippen LogP contribution in [0.1, 0.15) is 45.1 Å². The van der Waals surface area contributed by atoms with Crippen molar-refractivity contribution in [3.8, 4) is 0 Å². The van der Waals surface area contributed by atoms with Gasteiger partial charge in [-0.05, 0) is 53.0 Å². The van der Waals surface area contributed by atoms with Gasteiger partial charge in [0.05, 0.1) is 4.47 Å². The van der Waals surface area contributed by atoms with Crippen LogP contribution in [0, 0.1) is 5.82 Å². The van der Waals surface area contributed by atoms with Crippen molar-refractivity contribution >= 4 is 15.9 Å². The van der Waals surface area contributed by atoms with E-state index in [1.165, 1.54) is 37.3 Å². The lowest BCUT2D eigenvalue weighted by atomic mass is 10.0. The second-order valence-electron chi connectivity index (χ2n) is 4.70. The average Bonchev–Trinajstić information content (AvgIpc) is 2.34.